The van der Waals surface area contributed by atoms with Crippen molar-refractivity contribution in [2.75, 3.05) is 6.61 Å². The first kappa shape index (κ1) is 17.2. The van der Waals surface area contributed by atoms with Crippen molar-refractivity contribution in [1.29, 1.82) is 0 Å². The van der Waals surface area contributed by atoms with Crippen LogP contribution in [0, 0.1) is 11.8 Å². The molecule has 5 nitrogen and oxygen atoms in total. The van der Waals surface area contributed by atoms with E-state index in [1.54, 1.807) is 0 Å². The fourth-order valence-corrected chi connectivity index (χ4v) is 2.95. The zero-order chi connectivity index (χ0) is 16.8. The predicted octanol–water partition coefficient (Wildman–Crippen LogP) is 2.60. The first-order valence-corrected chi connectivity index (χ1v) is 8.03. The third-order valence-corrected chi connectivity index (χ3v) is 4.67. The molecule has 1 fully saturated rings. The van der Waals surface area contributed by atoms with Crippen LogP contribution >= 0.6 is 0 Å². The van der Waals surface area contributed by atoms with Gasteiger partial charge in [-0.05, 0) is 30.4 Å². The maximum Gasteiger partial charge on any atom is 0.338 e. The normalized spacial score (nSPS) is 23.8. The van der Waals surface area contributed by atoms with Gasteiger partial charge in [-0.1, -0.05) is 38.8 Å². The Morgan fingerprint density at radius 3 is 2.57 bits per heavy atom. The smallest absolute Gasteiger partial charge is 0.338 e. The van der Waals surface area contributed by atoms with E-state index in [9.17, 15) is 14.4 Å². The summed E-state index contributed by atoms with van der Waals surface area (Å²) in [5, 5.41) is 2.96. The molecule has 1 amide bonds. The summed E-state index contributed by atoms with van der Waals surface area (Å²) in [6, 6.07) is 6.24. The molecule has 1 N–H and O–H groups in total. The molecule has 0 radical (unpaired) electrons. The molecule has 0 unspecified atom stereocenters. The molecule has 0 heterocycles. The molecule has 0 spiro atoms. The van der Waals surface area contributed by atoms with Gasteiger partial charge in [0.25, 0.3) is 5.91 Å². The Hall–Kier alpha value is -2.17. The molecule has 124 valence electrons. The zero-order valence-corrected chi connectivity index (χ0v) is 13.6. The van der Waals surface area contributed by atoms with Crippen LogP contribution in [0.3, 0.4) is 0 Å². The summed E-state index contributed by atoms with van der Waals surface area (Å²) in [4.78, 5) is 34.4. The summed E-state index contributed by atoms with van der Waals surface area (Å²) >= 11 is 0. The molecule has 2 rings (SSSR count). The van der Waals surface area contributed by atoms with E-state index < -0.39 is 5.97 Å². The van der Waals surface area contributed by atoms with Crippen LogP contribution in [0.4, 0.5) is 0 Å². The topological polar surface area (TPSA) is 72.5 Å². The minimum absolute atomic E-state index is 0.150. The van der Waals surface area contributed by atoms with Gasteiger partial charge in [-0.2, -0.15) is 0 Å². The lowest BCUT2D eigenvalue weighted by molar-refractivity contribution is -0.125. The van der Waals surface area contributed by atoms with Gasteiger partial charge in [-0.3, -0.25) is 9.59 Å². The summed E-state index contributed by atoms with van der Waals surface area (Å²) < 4.78 is 5.03. The lowest BCUT2D eigenvalue weighted by Crippen LogP contribution is -2.45. The number of rotatable bonds is 5. The number of carbonyl (C=O) groups excluding carboxylic acids is 3. The maximum atomic E-state index is 12.0. The molecule has 3 atom stereocenters. The van der Waals surface area contributed by atoms with E-state index in [1.165, 1.54) is 30.7 Å². The Bertz CT molecular complexity index is 567. The highest BCUT2D eigenvalue weighted by Crippen LogP contribution is 2.29. The van der Waals surface area contributed by atoms with E-state index >= 15 is 0 Å². The number of nitrogens with one attached hydrogen (secondary N) is 1. The van der Waals surface area contributed by atoms with Crippen molar-refractivity contribution in [1.82, 2.24) is 5.32 Å². The highest BCUT2D eigenvalue weighted by molar-refractivity contribution is 5.92. The highest BCUT2D eigenvalue weighted by atomic mass is 16.5. The molecule has 1 aromatic carbocycles. The third-order valence-electron chi connectivity index (χ3n) is 4.67. The molecule has 1 aromatic rings. The van der Waals surface area contributed by atoms with Gasteiger partial charge in [-0.25, -0.2) is 4.79 Å². The standard InChI is InChI=1S/C18H23NO4/c1-12-4-3-5-16(13(12)2)19-17(21)11-23-18(22)15-8-6-14(10-20)7-9-15/h6-10,12-13,16H,3-5,11H2,1-2H3,(H,19,21)/t12-,13+,16-/m1/s1. The Labute approximate surface area is 136 Å². The highest BCUT2D eigenvalue weighted by Gasteiger charge is 2.28. The molecule has 0 bridgehead atoms. The predicted molar refractivity (Wildman–Crippen MR) is 86.2 cm³/mol. The van der Waals surface area contributed by atoms with Crippen molar-refractivity contribution in [2.45, 2.75) is 39.2 Å². The van der Waals surface area contributed by atoms with E-state index in [2.05, 4.69) is 19.2 Å². The fraction of sp³-hybridized carbons (Fsp3) is 0.500. The Kier molecular flexibility index (Phi) is 5.90. The second-order valence-electron chi connectivity index (χ2n) is 6.26. The summed E-state index contributed by atoms with van der Waals surface area (Å²) in [7, 11) is 0. The van der Waals surface area contributed by atoms with E-state index in [0.29, 0.717) is 29.2 Å². The number of hydrogen-bond donors (Lipinski definition) is 1. The molecule has 1 aliphatic rings. The second kappa shape index (κ2) is 7.90. The second-order valence-corrected chi connectivity index (χ2v) is 6.26. The van der Waals surface area contributed by atoms with Gasteiger partial charge in [0, 0.05) is 11.6 Å². The Morgan fingerprint density at radius 1 is 1.22 bits per heavy atom. The van der Waals surface area contributed by atoms with E-state index in [4.69, 9.17) is 4.74 Å². The van der Waals surface area contributed by atoms with Gasteiger partial charge in [0.1, 0.15) is 6.29 Å². The lowest BCUT2D eigenvalue weighted by Gasteiger charge is -2.34. The zero-order valence-electron chi connectivity index (χ0n) is 13.6. The number of ether oxygens (including phenoxy) is 1. The van der Waals surface area contributed by atoms with Crippen LogP contribution in [0.15, 0.2) is 24.3 Å². The van der Waals surface area contributed by atoms with Gasteiger partial charge < -0.3 is 10.1 Å². The first-order valence-electron chi connectivity index (χ1n) is 8.03. The van der Waals surface area contributed by atoms with Crippen LogP contribution in [0.1, 0.15) is 53.8 Å². The molecule has 0 aromatic heterocycles. The number of aldehydes is 1. The Balaban J connectivity index is 1.81. The van der Waals surface area contributed by atoms with E-state index in [-0.39, 0.29) is 18.6 Å². The van der Waals surface area contributed by atoms with Gasteiger partial charge in [0.05, 0.1) is 5.56 Å². The largest absolute Gasteiger partial charge is 0.452 e. The van der Waals surface area contributed by atoms with Crippen LogP contribution in [0.5, 0.6) is 0 Å². The van der Waals surface area contributed by atoms with Crippen LogP contribution in [-0.4, -0.2) is 30.8 Å². The van der Waals surface area contributed by atoms with Crippen molar-refractivity contribution in [3.05, 3.63) is 35.4 Å². The van der Waals surface area contributed by atoms with Gasteiger partial charge in [-0.15, -0.1) is 0 Å². The molecule has 0 aliphatic heterocycles. The summed E-state index contributed by atoms with van der Waals surface area (Å²) in [5.41, 5.74) is 0.808. The first-order chi connectivity index (χ1) is 11.0. The average Bonchev–Trinajstić information content (AvgIpc) is 2.57. The molecule has 5 heteroatoms. The minimum atomic E-state index is -0.567. The van der Waals surface area contributed by atoms with Crippen LogP contribution < -0.4 is 5.32 Å². The summed E-state index contributed by atoms with van der Waals surface area (Å²) in [6.45, 7) is 4.06. The van der Waals surface area contributed by atoms with Gasteiger partial charge >= 0.3 is 5.97 Å². The molecule has 0 saturated heterocycles. The molecule has 1 saturated carbocycles. The fourth-order valence-electron chi connectivity index (χ4n) is 2.95. The van der Waals surface area contributed by atoms with Crippen molar-refractivity contribution in [3.63, 3.8) is 0 Å². The van der Waals surface area contributed by atoms with E-state index in [0.717, 1.165) is 12.8 Å². The minimum Gasteiger partial charge on any atom is -0.452 e. The van der Waals surface area contributed by atoms with Gasteiger partial charge in [0.2, 0.25) is 0 Å². The van der Waals surface area contributed by atoms with Crippen molar-refractivity contribution in [3.8, 4) is 0 Å². The number of carbonyl (C=O) groups is 3. The molecule has 1 aliphatic carbocycles. The molecular formula is C18H23NO4. The third kappa shape index (κ3) is 4.65. The number of hydrogen-bond acceptors (Lipinski definition) is 4. The number of amides is 1. The average molecular weight is 317 g/mol. The van der Waals surface area contributed by atoms with E-state index in [1.807, 2.05) is 0 Å². The van der Waals surface area contributed by atoms with Crippen molar-refractivity contribution >= 4 is 18.2 Å². The van der Waals surface area contributed by atoms with Crippen molar-refractivity contribution in [2.24, 2.45) is 11.8 Å². The van der Waals surface area contributed by atoms with Crippen molar-refractivity contribution < 1.29 is 19.1 Å². The molecular weight excluding hydrogens is 294 g/mol. The molecule has 23 heavy (non-hydrogen) atoms. The Morgan fingerprint density at radius 2 is 1.91 bits per heavy atom. The quantitative estimate of drug-likeness (QED) is 0.669. The summed E-state index contributed by atoms with van der Waals surface area (Å²) in [5.74, 6) is 0.184. The monoisotopic (exact) mass is 317 g/mol. The van der Waals surface area contributed by atoms with Gasteiger partial charge in [0.15, 0.2) is 6.61 Å². The number of benzene rings is 1. The lowest BCUT2D eigenvalue weighted by atomic mass is 9.78. The van der Waals surface area contributed by atoms with Crippen LogP contribution in [-0.2, 0) is 9.53 Å². The SMILES string of the molecule is C[C@H]1[C@H](C)CCC[C@H]1NC(=O)COC(=O)c1ccc(C=O)cc1. The van der Waals surface area contributed by atoms with Crippen LogP contribution in [0.2, 0.25) is 0 Å². The van der Waals surface area contributed by atoms with Crippen LogP contribution in [0.25, 0.3) is 0 Å². The maximum absolute atomic E-state index is 12.0. The summed E-state index contributed by atoms with van der Waals surface area (Å²) in [6.07, 6.45) is 3.98. The number of esters is 1.